The molecular formula is C34H33ClFN5O4. The maximum absolute atomic E-state index is 15.4. The average Bonchev–Trinajstić information content (AvgIpc) is 3.50. The Bertz CT molecular complexity index is 1790. The molecule has 0 atom stereocenters. The van der Waals surface area contributed by atoms with E-state index in [2.05, 4.69) is 25.2 Å². The number of methoxy groups -OCH3 is 2. The number of rotatable bonds is 11. The van der Waals surface area contributed by atoms with Crippen molar-refractivity contribution < 1.29 is 23.4 Å². The van der Waals surface area contributed by atoms with Crippen LogP contribution in [0.4, 0.5) is 21.6 Å². The van der Waals surface area contributed by atoms with Gasteiger partial charge in [0.05, 0.1) is 21.7 Å². The molecule has 6 rings (SSSR count). The van der Waals surface area contributed by atoms with Gasteiger partial charge in [0.1, 0.15) is 35.1 Å². The average molecular weight is 630 g/mol. The maximum atomic E-state index is 15.4. The van der Waals surface area contributed by atoms with Gasteiger partial charge in [-0.1, -0.05) is 29.8 Å². The lowest BCUT2D eigenvalue weighted by Crippen LogP contribution is -2.35. The van der Waals surface area contributed by atoms with E-state index in [0.717, 1.165) is 32.4 Å². The van der Waals surface area contributed by atoms with E-state index in [0.29, 0.717) is 56.8 Å². The number of halogens is 2. The Morgan fingerprint density at radius 2 is 1.80 bits per heavy atom. The second kappa shape index (κ2) is 13.6. The van der Waals surface area contributed by atoms with Crippen LogP contribution in [-0.4, -0.2) is 54.3 Å². The molecule has 5 aromatic rings. The topological polar surface area (TPSA) is 102 Å². The quantitative estimate of drug-likeness (QED) is 0.113. The molecule has 3 heterocycles. The lowest BCUT2D eigenvalue weighted by atomic mass is 9.93. The fourth-order valence-corrected chi connectivity index (χ4v) is 5.95. The Kier molecular flexibility index (Phi) is 9.25. The van der Waals surface area contributed by atoms with Crippen LogP contribution >= 0.6 is 11.6 Å². The Labute approximate surface area is 265 Å². The largest absolute Gasteiger partial charge is 0.457 e. The minimum Gasteiger partial charge on any atom is -0.457 e. The molecular weight excluding hydrogens is 597 g/mol. The molecule has 0 amide bonds. The minimum absolute atomic E-state index is 0.218. The Balaban J connectivity index is 1.18. The molecule has 3 aromatic carbocycles. The number of para-hydroxylation sites is 1. The van der Waals surface area contributed by atoms with Crippen molar-refractivity contribution in [2.45, 2.75) is 25.6 Å². The molecule has 0 spiro atoms. The highest BCUT2D eigenvalue weighted by atomic mass is 35.5. The van der Waals surface area contributed by atoms with Gasteiger partial charge < -0.3 is 29.4 Å². The Hall–Kier alpha value is -4.51. The molecule has 0 unspecified atom stereocenters. The lowest BCUT2D eigenvalue weighted by molar-refractivity contribution is -0.115. The van der Waals surface area contributed by atoms with Crippen molar-refractivity contribution in [1.82, 2.24) is 15.0 Å². The van der Waals surface area contributed by atoms with Crippen LogP contribution < -0.4 is 15.0 Å². The number of hydrogen-bond acceptors (Lipinski definition) is 8. The summed E-state index contributed by atoms with van der Waals surface area (Å²) in [6.45, 7) is 1.50. The third kappa shape index (κ3) is 6.78. The molecule has 2 N–H and O–H groups in total. The van der Waals surface area contributed by atoms with Crippen molar-refractivity contribution in [1.29, 1.82) is 0 Å². The zero-order valence-electron chi connectivity index (χ0n) is 24.9. The van der Waals surface area contributed by atoms with E-state index in [1.54, 1.807) is 50.7 Å². The van der Waals surface area contributed by atoms with Gasteiger partial charge in [-0.3, -0.25) is 4.79 Å². The molecule has 2 aromatic heterocycles. The summed E-state index contributed by atoms with van der Waals surface area (Å²) < 4.78 is 31.9. The summed E-state index contributed by atoms with van der Waals surface area (Å²) in [5, 5.41) is 3.90. The molecule has 232 valence electrons. The van der Waals surface area contributed by atoms with E-state index in [-0.39, 0.29) is 22.9 Å². The first-order chi connectivity index (χ1) is 21.9. The number of nitrogens with one attached hydrogen (secondary N) is 2. The van der Waals surface area contributed by atoms with Crippen molar-refractivity contribution >= 4 is 45.6 Å². The number of ketones is 1. The van der Waals surface area contributed by atoms with Crippen LogP contribution in [0.25, 0.3) is 11.0 Å². The number of carbonyl (C=O) groups excluding carboxylic acids is 1. The summed E-state index contributed by atoms with van der Waals surface area (Å²) in [6.07, 6.45) is 5.42. The fraction of sp³-hybridized carbons (Fsp3) is 0.265. The summed E-state index contributed by atoms with van der Waals surface area (Å²) in [4.78, 5) is 27.5. The van der Waals surface area contributed by atoms with Crippen LogP contribution in [0.15, 0.2) is 79.3 Å². The summed E-state index contributed by atoms with van der Waals surface area (Å²) in [5.74, 6) is 1.33. The minimum atomic E-state index is -0.342. The van der Waals surface area contributed by atoms with Crippen molar-refractivity contribution in [3.05, 3.63) is 101 Å². The SMILES string of the molecule is COC(CC1CCN(c2ccc(Nc3ncnc4[nH]cc(C(=O)c5ccc(Oc6ccccc6)cc5Cl)c34)cc2F)CC1)OC. The number of benzene rings is 3. The number of H-pyrrole nitrogens is 1. The molecule has 11 heteroatoms. The first-order valence-corrected chi connectivity index (χ1v) is 15.1. The Morgan fingerprint density at radius 3 is 2.51 bits per heavy atom. The molecule has 1 aliphatic rings. The molecule has 0 bridgehead atoms. The molecule has 0 radical (unpaired) electrons. The van der Waals surface area contributed by atoms with Crippen LogP contribution in [0.3, 0.4) is 0 Å². The van der Waals surface area contributed by atoms with Crippen molar-refractivity contribution in [3.8, 4) is 11.5 Å². The van der Waals surface area contributed by atoms with E-state index in [9.17, 15) is 4.79 Å². The van der Waals surface area contributed by atoms with E-state index in [1.165, 1.54) is 12.4 Å². The molecule has 0 aliphatic carbocycles. The third-order valence-corrected chi connectivity index (χ3v) is 8.41. The number of hydrogen-bond donors (Lipinski definition) is 2. The second-order valence-corrected chi connectivity index (χ2v) is 11.3. The van der Waals surface area contributed by atoms with Gasteiger partial charge in [0, 0.05) is 57.2 Å². The second-order valence-electron chi connectivity index (χ2n) is 10.9. The van der Waals surface area contributed by atoms with Gasteiger partial charge in [0.15, 0.2) is 12.1 Å². The highest BCUT2D eigenvalue weighted by Gasteiger charge is 2.25. The monoisotopic (exact) mass is 629 g/mol. The van der Waals surface area contributed by atoms with E-state index >= 15 is 4.39 Å². The molecule has 9 nitrogen and oxygen atoms in total. The number of aromatic amines is 1. The van der Waals surface area contributed by atoms with Gasteiger partial charge in [0.2, 0.25) is 0 Å². The zero-order chi connectivity index (χ0) is 31.3. The van der Waals surface area contributed by atoms with Gasteiger partial charge in [-0.15, -0.1) is 0 Å². The van der Waals surface area contributed by atoms with Crippen LogP contribution in [0.2, 0.25) is 5.02 Å². The normalized spacial score (nSPS) is 13.8. The van der Waals surface area contributed by atoms with Gasteiger partial charge in [-0.25, -0.2) is 14.4 Å². The van der Waals surface area contributed by atoms with Crippen LogP contribution in [0.5, 0.6) is 11.5 Å². The van der Waals surface area contributed by atoms with Gasteiger partial charge >= 0.3 is 0 Å². The number of ether oxygens (including phenoxy) is 3. The summed E-state index contributed by atoms with van der Waals surface area (Å²) in [6, 6.07) is 19.2. The van der Waals surface area contributed by atoms with Crippen LogP contribution in [0.1, 0.15) is 35.2 Å². The van der Waals surface area contributed by atoms with Crippen molar-refractivity contribution in [2.75, 3.05) is 37.5 Å². The fourth-order valence-electron chi connectivity index (χ4n) is 5.70. The summed E-state index contributed by atoms with van der Waals surface area (Å²) >= 11 is 6.55. The first kappa shape index (κ1) is 30.5. The number of aromatic nitrogens is 3. The van der Waals surface area contributed by atoms with Gasteiger partial charge in [-0.2, -0.15) is 0 Å². The zero-order valence-corrected chi connectivity index (χ0v) is 25.7. The van der Waals surface area contributed by atoms with Crippen LogP contribution in [-0.2, 0) is 9.47 Å². The Morgan fingerprint density at radius 1 is 1.02 bits per heavy atom. The summed E-state index contributed by atoms with van der Waals surface area (Å²) in [7, 11) is 3.29. The van der Waals surface area contributed by atoms with E-state index in [4.69, 9.17) is 25.8 Å². The predicted octanol–water partition coefficient (Wildman–Crippen LogP) is 7.74. The van der Waals surface area contributed by atoms with Crippen molar-refractivity contribution in [2.24, 2.45) is 5.92 Å². The molecule has 1 fully saturated rings. The lowest BCUT2D eigenvalue weighted by Gasteiger charge is -2.34. The highest BCUT2D eigenvalue weighted by Crippen LogP contribution is 2.34. The standard InChI is InChI=1S/C34H33ClFN5O4/c1-43-30(44-2)16-21-12-14-41(15-13-21)29-11-8-22(17-28(29)36)40-34-31-26(19-37-33(31)38-20-39-34)32(42)25-10-9-24(18-27(25)35)45-23-6-4-3-5-7-23/h3-11,17-21,30H,12-16H2,1-2H3,(H2,37,38,39,40). The van der Waals surface area contributed by atoms with Crippen molar-refractivity contribution in [3.63, 3.8) is 0 Å². The molecule has 1 saturated heterocycles. The number of fused-ring (bicyclic) bond motifs is 1. The molecule has 1 aliphatic heterocycles. The third-order valence-electron chi connectivity index (χ3n) is 8.10. The first-order valence-electron chi connectivity index (χ1n) is 14.7. The number of piperidine rings is 1. The molecule has 45 heavy (non-hydrogen) atoms. The molecule has 0 saturated carbocycles. The van der Waals surface area contributed by atoms with Gasteiger partial charge in [-0.05, 0) is 61.2 Å². The number of anilines is 3. The maximum Gasteiger partial charge on any atom is 0.196 e. The van der Waals surface area contributed by atoms with Crippen LogP contribution in [0, 0.1) is 11.7 Å². The number of carbonyl (C=O) groups is 1. The highest BCUT2D eigenvalue weighted by molar-refractivity contribution is 6.35. The van der Waals surface area contributed by atoms with E-state index < -0.39 is 0 Å². The summed E-state index contributed by atoms with van der Waals surface area (Å²) in [5.41, 5.74) is 2.13. The predicted molar refractivity (Wildman–Crippen MR) is 172 cm³/mol. The van der Waals surface area contributed by atoms with Gasteiger partial charge in [0.25, 0.3) is 0 Å². The van der Waals surface area contributed by atoms with E-state index in [1.807, 2.05) is 30.3 Å². The number of nitrogens with zero attached hydrogens (tertiary/aromatic N) is 3. The smallest absolute Gasteiger partial charge is 0.196 e.